The third-order valence-corrected chi connectivity index (χ3v) is 1.87. The van der Waals surface area contributed by atoms with E-state index in [4.69, 9.17) is 0 Å². The van der Waals surface area contributed by atoms with Crippen molar-refractivity contribution in [3.05, 3.63) is 12.2 Å². The summed E-state index contributed by atoms with van der Waals surface area (Å²) in [4.78, 5) is 10.4. The Morgan fingerprint density at radius 3 is 2.56 bits per heavy atom. The fourth-order valence-electron chi connectivity index (χ4n) is 0.350. The smallest absolute Gasteiger partial charge is 0.152 e. The van der Waals surface area contributed by atoms with Gasteiger partial charge < -0.3 is 0 Å². The molecule has 0 aromatic heterocycles. The van der Waals surface area contributed by atoms with Gasteiger partial charge in [-0.15, -0.1) is 0 Å². The summed E-state index contributed by atoms with van der Waals surface area (Å²) in [6.45, 7) is 3.62. The van der Waals surface area contributed by atoms with E-state index in [0.717, 1.165) is 0 Å². The number of carbonyl (C=O) groups is 1. The van der Waals surface area contributed by atoms with Gasteiger partial charge in [0.15, 0.2) is 5.78 Å². The van der Waals surface area contributed by atoms with Crippen molar-refractivity contribution < 1.29 is 4.79 Å². The van der Waals surface area contributed by atoms with Gasteiger partial charge >= 0.3 is 0 Å². The zero-order chi connectivity index (χ0) is 7.28. The Morgan fingerprint density at radius 2 is 2.22 bits per heavy atom. The summed E-state index contributed by atoms with van der Waals surface area (Å²) in [6, 6.07) is 0. The molecule has 0 spiro atoms. The van der Waals surface area contributed by atoms with Crippen LogP contribution in [0.3, 0.4) is 0 Å². The SMILES string of the molecule is CSC(C)/C=C/C(C)=O. The summed E-state index contributed by atoms with van der Waals surface area (Å²) >= 11 is 1.73. The van der Waals surface area contributed by atoms with Gasteiger partial charge in [-0.3, -0.25) is 4.79 Å². The van der Waals surface area contributed by atoms with Gasteiger partial charge in [0.1, 0.15) is 0 Å². The van der Waals surface area contributed by atoms with Crippen LogP contribution in [0.15, 0.2) is 12.2 Å². The van der Waals surface area contributed by atoms with Crippen molar-refractivity contribution >= 4 is 17.5 Å². The lowest BCUT2D eigenvalue weighted by molar-refractivity contribution is -0.112. The molecule has 0 amide bonds. The molecule has 0 aliphatic heterocycles. The lowest BCUT2D eigenvalue weighted by Crippen LogP contribution is -1.89. The third-order valence-electron chi connectivity index (χ3n) is 0.974. The van der Waals surface area contributed by atoms with Gasteiger partial charge in [-0.25, -0.2) is 0 Å². The van der Waals surface area contributed by atoms with Gasteiger partial charge in [-0.2, -0.15) is 11.8 Å². The molecular weight excluding hydrogens is 132 g/mol. The van der Waals surface area contributed by atoms with Gasteiger partial charge in [0, 0.05) is 5.25 Å². The first kappa shape index (κ1) is 8.76. The highest BCUT2D eigenvalue weighted by molar-refractivity contribution is 7.99. The van der Waals surface area contributed by atoms with Crippen LogP contribution in [0.1, 0.15) is 13.8 Å². The number of thioether (sulfide) groups is 1. The van der Waals surface area contributed by atoms with Crippen molar-refractivity contribution in [2.75, 3.05) is 6.26 Å². The summed E-state index contributed by atoms with van der Waals surface area (Å²) in [5, 5.41) is 0.453. The predicted octanol–water partition coefficient (Wildman–Crippen LogP) is 1.88. The molecule has 0 heterocycles. The van der Waals surface area contributed by atoms with E-state index in [1.54, 1.807) is 24.8 Å². The van der Waals surface area contributed by atoms with Crippen LogP contribution in [-0.4, -0.2) is 17.3 Å². The van der Waals surface area contributed by atoms with Crippen LogP contribution in [0, 0.1) is 0 Å². The molecule has 52 valence electrons. The molecule has 1 atom stereocenters. The first-order chi connectivity index (χ1) is 4.16. The lowest BCUT2D eigenvalue weighted by Gasteiger charge is -1.96. The molecule has 0 fully saturated rings. The van der Waals surface area contributed by atoms with Crippen molar-refractivity contribution in [1.29, 1.82) is 0 Å². The summed E-state index contributed by atoms with van der Waals surface area (Å²) in [5.74, 6) is 0.121. The van der Waals surface area contributed by atoms with E-state index in [-0.39, 0.29) is 5.78 Å². The van der Waals surface area contributed by atoms with Gasteiger partial charge in [0.05, 0.1) is 0 Å². The number of ketones is 1. The van der Waals surface area contributed by atoms with Crippen LogP contribution in [-0.2, 0) is 4.79 Å². The zero-order valence-electron chi connectivity index (χ0n) is 6.05. The Morgan fingerprint density at radius 1 is 1.67 bits per heavy atom. The molecule has 1 unspecified atom stereocenters. The van der Waals surface area contributed by atoms with Crippen LogP contribution in [0.5, 0.6) is 0 Å². The van der Waals surface area contributed by atoms with Crippen LogP contribution in [0.2, 0.25) is 0 Å². The Balaban J connectivity index is 3.56. The minimum Gasteiger partial charge on any atom is -0.295 e. The summed E-state index contributed by atoms with van der Waals surface area (Å²) in [5.41, 5.74) is 0. The molecular formula is C7H12OS. The molecule has 0 saturated heterocycles. The highest BCUT2D eigenvalue weighted by Gasteiger charge is 1.90. The molecule has 2 heteroatoms. The number of carbonyl (C=O) groups excluding carboxylic acids is 1. The fraction of sp³-hybridized carbons (Fsp3) is 0.571. The second-order valence-electron chi connectivity index (χ2n) is 1.91. The molecule has 0 aliphatic rings. The molecule has 0 N–H and O–H groups in total. The fourth-order valence-corrected chi connectivity index (χ4v) is 0.585. The molecule has 1 nitrogen and oxygen atoms in total. The van der Waals surface area contributed by atoms with Crippen LogP contribution in [0.25, 0.3) is 0 Å². The average Bonchev–Trinajstić information content (AvgIpc) is 1.83. The van der Waals surface area contributed by atoms with Crippen molar-refractivity contribution in [3.63, 3.8) is 0 Å². The topological polar surface area (TPSA) is 17.1 Å². The summed E-state index contributed by atoms with van der Waals surface area (Å²) in [7, 11) is 0. The molecule has 0 saturated carbocycles. The monoisotopic (exact) mass is 144 g/mol. The average molecular weight is 144 g/mol. The molecule has 0 aromatic carbocycles. The second-order valence-corrected chi connectivity index (χ2v) is 3.13. The van der Waals surface area contributed by atoms with E-state index in [1.165, 1.54) is 0 Å². The van der Waals surface area contributed by atoms with Gasteiger partial charge in [0.2, 0.25) is 0 Å². The molecule has 0 aromatic rings. The van der Waals surface area contributed by atoms with E-state index in [9.17, 15) is 4.79 Å². The van der Waals surface area contributed by atoms with E-state index < -0.39 is 0 Å². The standard InChI is InChI=1S/C7H12OS/c1-6(8)4-5-7(2)9-3/h4-5,7H,1-3H3/b5-4+. The minimum atomic E-state index is 0.121. The van der Waals surface area contributed by atoms with Crippen LogP contribution < -0.4 is 0 Å². The zero-order valence-corrected chi connectivity index (χ0v) is 6.87. The van der Waals surface area contributed by atoms with Crippen LogP contribution >= 0.6 is 11.8 Å². The molecule has 0 rings (SSSR count). The maximum atomic E-state index is 10.4. The molecule has 0 aliphatic carbocycles. The Labute approximate surface area is 60.5 Å². The van der Waals surface area contributed by atoms with E-state index in [2.05, 4.69) is 6.92 Å². The highest BCUT2D eigenvalue weighted by atomic mass is 32.2. The Hall–Kier alpha value is -0.240. The Bertz CT molecular complexity index is 118. The molecule has 0 radical (unpaired) electrons. The molecule has 0 bridgehead atoms. The van der Waals surface area contributed by atoms with Crippen LogP contribution in [0.4, 0.5) is 0 Å². The van der Waals surface area contributed by atoms with Gasteiger partial charge in [0.25, 0.3) is 0 Å². The number of hydrogen-bond acceptors (Lipinski definition) is 2. The highest BCUT2D eigenvalue weighted by Crippen LogP contribution is 2.05. The van der Waals surface area contributed by atoms with Crippen molar-refractivity contribution in [3.8, 4) is 0 Å². The van der Waals surface area contributed by atoms with E-state index >= 15 is 0 Å². The number of rotatable bonds is 3. The summed E-state index contributed by atoms with van der Waals surface area (Å²) in [6.07, 6.45) is 5.54. The van der Waals surface area contributed by atoms with Crippen molar-refractivity contribution in [1.82, 2.24) is 0 Å². The maximum absolute atomic E-state index is 10.4. The Kier molecular flexibility index (Phi) is 4.50. The van der Waals surface area contributed by atoms with Crippen molar-refractivity contribution in [2.24, 2.45) is 0 Å². The summed E-state index contributed by atoms with van der Waals surface area (Å²) < 4.78 is 0. The minimum absolute atomic E-state index is 0.121. The van der Waals surface area contributed by atoms with Gasteiger partial charge in [-0.05, 0) is 26.2 Å². The maximum Gasteiger partial charge on any atom is 0.152 e. The first-order valence-corrected chi connectivity index (χ1v) is 4.17. The van der Waals surface area contributed by atoms with E-state index in [0.29, 0.717) is 5.25 Å². The number of allylic oxidation sites excluding steroid dienone is 1. The number of hydrogen-bond donors (Lipinski definition) is 0. The predicted molar refractivity (Wildman–Crippen MR) is 42.8 cm³/mol. The second kappa shape index (κ2) is 4.62. The quantitative estimate of drug-likeness (QED) is 0.563. The van der Waals surface area contributed by atoms with Gasteiger partial charge in [-0.1, -0.05) is 6.08 Å². The first-order valence-electron chi connectivity index (χ1n) is 2.88. The lowest BCUT2D eigenvalue weighted by atomic mass is 10.3. The largest absolute Gasteiger partial charge is 0.295 e. The van der Waals surface area contributed by atoms with E-state index in [1.807, 2.05) is 12.3 Å². The van der Waals surface area contributed by atoms with Crippen molar-refractivity contribution in [2.45, 2.75) is 19.1 Å². The molecule has 9 heavy (non-hydrogen) atoms. The normalized spacial score (nSPS) is 14.1. The third kappa shape index (κ3) is 5.63.